The quantitative estimate of drug-likeness (QED) is 0.811. The van der Waals surface area contributed by atoms with Gasteiger partial charge in [0.1, 0.15) is 5.69 Å². The predicted molar refractivity (Wildman–Crippen MR) is 80.5 cm³/mol. The van der Waals surface area contributed by atoms with E-state index in [0.29, 0.717) is 24.0 Å². The van der Waals surface area contributed by atoms with Crippen LogP contribution in [0.1, 0.15) is 25.2 Å². The van der Waals surface area contributed by atoms with Gasteiger partial charge in [-0.2, -0.15) is 4.98 Å². The number of rotatable bonds is 4. The normalized spacial score (nSPS) is 17.4. The summed E-state index contributed by atoms with van der Waals surface area (Å²) in [5.41, 5.74) is 0.656. The highest BCUT2D eigenvalue weighted by molar-refractivity contribution is 5.78. The number of hydrogen-bond donors (Lipinski definition) is 0. The third-order valence-corrected chi connectivity index (χ3v) is 3.73. The summed E-state index contributed by atoms with van der Waals surface area (Å²) < 4.78 is 5.22. The van der Waals surface area contributed by atoms with Gasteiger partial charge in [-0.05, 0) is 31.4 Å². The Morgan fingerprint density at radius 2 is 2.32 bits per heavy atom. The molecule has 6 heteroatoms. The molecule has 0 spiro atoms. The number of carbonyl (C=O) groups is 1. The summed E-state index contributed by atoms with van der Waals surface area (Å²) in [7, 11) is 1.77. The van der Waals surface area contributed by atoms with E-state index < -0.39 is 0 Å². The first-order valence-corrected chi connectivity index (χ1v) is 7.38. The highest BCUT2D eigenvalue weighted by Crippen LogP contribution is 2.21. The van der Waals surface area contributed by atoms with Crippen LogP contribution in [-0.2, 0) is 11.3 Å². The molecule has 1 aliphatic rings. The van der Waals surface area contributed by atoms with Crippen molar-refractivity contribution in [3.8, 4) is 11.5 Å². The minimum Gasteiger partial charge on any atom is -0.337 e. The van der Waals surface area contributed by atoms with Gasteiger partial charge in [-0.25, -0.2) is 0 Å². The average molecular weight is 298 g/mol. The molecule has 0 saturated heterocycles. The minimum atomic E-state index is 0.0631. The van der Waals surface area contributed by atoms with Crippen LogP contribution in [0.5, 0.6) is 0 Å². The lowest BCUT2D eigenvalue weighted by atomic mass is 9.93. The molecule has 3 rings (SSSR count). The van der Waals surface area contributed by atoms with Gasteiger partial charge >= 0.3 is 0 Å². The van der Waals surface area contributed by atoms with E-state index >= 15 is 0 Å². The largest absolute Gasteiger partial charge is 0.337 e. The maximum Gasteiger partial charge on any atom is 0.246 e. The van der Waals surface area contributed by atoms with Gasteiger partial charge in [-0.1, -0.05) is 23.4 Å². The fourth-order valence-electron chi connectivity index (χ4n) is 2.53. The van der Waals surface area contributed by atoms with Gasteiger partial charge in [0.05, 0.1) is 6.54 Å². The molecule has 0 aromatic carbocycles. The Balaban J connectivity index is 1.64. The van der Waals surface area contributed by atoms with Gasteiger partial charge in [-0.15, -0.1) is 0 Å². The molecule has 2 heterocycles. The molecule has 0 bridgehead atoms. The number of aromatic nitrogens is 3. The molecule has 1 atom stereocenters. The average Bonchev–Trinajstić information content (AvgIpc) is 3.04. The first kappa shape index (κ1) is 14.4. The summed E-state index contributed by atoms with van der Waals surface area (Å²) in [4.78, 5) is 22.5. The second-order valence-electron chi connectivity index (χ2n) is 5.40. The van der Waals surface area contributed by atoms with E-state index in [2.05, 4.69) is 27.3 Å². The zero-order valence-corrected chi connectivity index (χ0v) is 12.5. The molecule has 6 nitrogen and oxygen atoms in total. The lowest BCUT2D eigenvalue weighted by Crippen LogP contribution is -2.33. The van der Waals surface area contributed by atoms with E-state index in [1.54, 1.807) is 18.1 Å². The van der Waals surface area contributed by atoms with E-state index in [9.17, 15) is 4.79 Å². The van der Waals surface area contributed by atoms with Crippen LogP contribution in [0, 0.1) is 5.92 Å². The van der Waals surface area contributed by atoms with Crippen LogP contribution in [0.25, 0.3) is 11.5 Å². The van der Waals surface area contributed by atoms with Crippen molar-refractivity contribution in [2.75, 3.05) is 7.05 Å². The summed E-state index contributed by atoms with van der Waals surface area (Å²) in [6.07, 6.45) is 8.56. The maximum atomic E-state index is 12.4. The van der Waals surface area contributed by atoms with Crippen molar-refractivity contribution in [2.45, 2.75) is 25.8 Å². The summed E-state index contributed by atoms with van der Waals surface area (Å²) in [6, 6.07) is 5.51. The van der Waals surface area contributed by atoms with Crippen molar-refractivity contribution in [1.29, 1.82) is 0 Å². The molecule has 0 unspecified atom stereocenters. The minimum absolute atomic E-state index is 0.0631. The first-order chi connectivity index (χ1) is 10.7. The Morgan fingerprint density at radius 1 is 1.41 bits per heavy atom. The highest BCUT2D eigenvalue weighted by Gasteiger charge is 2.23. The van der Waals surface area contributed by atoms with E-state index in [1.807, 2.05) is 18.2 Å². The number of nitrogens with zero attached hydrogens (tertiary/aromatic N) is 4. The van der Waals surface area contributed by atoms with Gasteiger partial charge in [-0.3, -0.25) is 9.78 Å². The number of carbonyl (C=O) groups excluding carboxylic acids is 1. The Labute approximate surface area is 128 Å². The molecule has 0 aliphatic heterocycles. The molecule has 1 aliphatic carbocycles. The van der Waals surface area contributed by atoms with Crippen molar-refractivity contribution >= 4 is 5.91 Å². The number of pyridine rings is 1. The Morgan fingerprint density at radius 3 is 3.05 bits per heavy atom. The summed E-state index contributed by atoms with van der Waals surface area (Å²) >= 11 is 0. The van der Waals surface area contributed by atoms with E-state index in [0.717, 1.165) is 19.3 Å². The standard InChI is InChI=1S/C16H18N4O2/c1-20(16(21)12-7-3-2-4-8-12)11-14-18-15(19-22-14)13-9-5-6-10-17-13/h2-3,5-6,9-10,12H,4,7-8,11H2,1H3/t12-/m1/s1. The topological polar surface area (TPSA) is 72.1 Å². The smallest absolute Gasteiger partial charge is 0.246 e. The molecule has 0 saturated carbocycles. The molecule has 0 radical (unpaired) electrons. The van der Waals surface area contributed by atoms with Crippen LogP contribution >= 0.6 is 0 Å². The number of amides is 1. The monoisotopic (exact) mass is 298 g/mol. The molecular weight excluding hydrogens is 280 g/mol. The molecule has 2 aromatic heterocycles. The molecular formula is C16H18N4O2. The van der Waals surface area contributed by atoms with Crippen LogP contribution < -0.4 is 0 Å². The predicted octanol–water partition coefficient (Wildman–Crippen LogP) is 2.45. The van der Waals surface area contributed by atoms with E-state index in [-0.39, 0.29) is 11.8 Å². The van der Waals surface area contributed by atoms with E-state index in [1.165, 1.54) is 0 Å². The Kier molecular flexibility index (Phi) is 4.27. The van der Waals surface area contributed by atoms with Gasteiger partial charge in [0, 0.05) is 19.2 Å². The number of allylic oxidation sites excluding steroid dienone is 2. The highest BCUT2D eigenvalue weighted by atomic mass is 16.5. The fraction of sp³-hybridized carbons (Fsp3) is 0.375. The van der Waals surface area contributed by atoms with Crippen molar-refractivity contribution in [3.05, 3.63) is 42.4 Å². The summed E-state index contributed by atoms with van der Waals surface area (Å²) in [5, 5.41) is 3.91. The second kappa shape index (κ2) is 6.51. The van der Waals surface area contributed by atoms with Crippen LogP contribution in [0.3, 0.4) is 0 Å². The third-order valence-electron chi connectivity index (χ3n) is 3.73. The Hall–Kier alpha value is -2.50. The maximum absolute atomic E-state index is 12.4. The van der Waals surface area contributed by atoms with Crippen LogP contribution in [-0.4, -0.2) is 33.0 Å². The zero-order chi connectivity index (χ0) is 15.4. The molecule has 114 valence electrons. The van der Waals surface area contributed by atoms with Crippen molar-refractivity contribution < 1.29 is 9.32 Å². The van der Waals surface area contributed by atoms with Gasteiger partial charge < -0.3 is 9.42 Å². The molecule has 1 amide bonds. The fourth-order valence-corrected chi connectivity index (χ4v) is 2.53. The lowest BCUT2D eigenvalue weighted by molar-refractivity contribution is -0.135. The van der Waals surface area contributed by atoms with Gasteiger partial charge in [0.15, 0.2) is 0 Å². The van der Waals surface area contributed by atoms with Crippen LogP contribution in [0.4, 0.5) is 0 Å². The molecule has 0 N–H and O–H groups in total. The van der Waals surface area contributed by atoms with Crippen molar-refractivity contribution in [2.24, 2.45) is 5.92 Å². The molecule has 0 fully saturated rings. The first-order valence-electron chi connectivity index (χ1n) is 7.38. The van der Waals surface area contributed by atoms with Crippen LogP contribution in [0.15, 0.2) is 41.1 Å². The summed E-state index contributed by atoms with van der Waals surface area (Å²) in [6.45, 7) is 0.318. The Bertz CT molecular complexity index is 666. The SMILES string of the molecule is CN(Cc1nc(-c2ccccn2)no1)C(=O)[C@@H]1CC=CCC1. The van der Waals surface area contributed by atoms with Gasteiger partial charge in [0.25, 0.3) is 0 Å². The summed E-state index contributed by atoms with van der Waals surface area (Å²) in [5.74, 6) is 1.05. The van der Waals surface area contributed by atoms with Crippen molar-refractivity contribution in [1.82, 2.24) is 20.0 Å². The lowest BCUT2D eigenvalue weighted by Gasteiger charge is -2.23. The molecule has 2 aromatic rings. The third kappa shape index (κ3) is 3.21. The van der Waals surface area contributed by atoms with E-state index in [4.69, 9.17) is 4.52 Å². The zero-order valence-electron chi connectivity index (χ0n) is 12.5. The second-order valence-corrected chi connectivity index (χ2v) is 5.40. The molecule has 22 heavy (non-hydrogen) atoms. The van der Waals surface area contributed by atoms with Gasteiger partial charge in [0.2, 0.25) is 17.6 Å². The van der Waals surface area contributed by atoms with Crippen LogP contribution in [0.2, 0.25) is 0 Å². The van der Waals surface area contributed by atoms with Crippen molar-refractivity contribution in [3.63, 3.8) is 0 Å². The number of hydrogen-bond acceptors (Lipinski definition) is 5.